The highest BCUT2D eigenvalue weighted by Gasteiger charge is 2.24. The Bertz CT molecular complexity index is 573. The molecule has 1 aromatic carbocycles. The van der Waals surface area contributed by atoms with E-state index < -0.39 is 39.2 Å². The second-order valence-corrected chi connectivity index (χ2v) is 6.88. The quantitative estimate of drug-likeness (QED) is 0.846. The molecule has 1 rings (SSSR count). The molecule has 7 heteroatoms. The van der Waals surface area contributed by atoms with Crippen molar-refractivity contribution in [1.82, 2.24) is 4.72 Å². The summed E-state index contributed by atoms with van der Waals surface area (Å²) in [6.45, 7) is 4.94. The summed E-state index contributed by atoms with van der Waals surface area (Å²) in [5.41, 5.74) is 0.000729. The van der Waals surface area contributed by atoms with Crippen molar-refractivity contribution < 1.29 is 22.3 Å². The molecule has 0 fully saturated rings. The van der Waals surface area contributed by atoms with Gasteiger partial charge in [0.1, 0.15) is 4.90 Å². The van der Waals surface area contributed by atoms with E-state index in [1.54, 1.807) is 6.92 Å². The zero-order chi connectivity index (χ0) is 15.5. The van der Waals surface area contributed by atoms with E-state index in [9.17, 15) is 17.2 Å². The van der Waals surface area contributed by atoms with Gasteiger partial charge in [-0.05, 0) is 37.0 Å². The minimum atomic E-state index is -4.17. The third-order valence-corrected chi connectivity index (χ3v) is 4.30. The molecular formula is C13H19F2NO3S. The molecule has 0 spiro atoms. The average molecular weight is 307 g/mol. The first-order valence-corrected chi connectivity index (χ1v) is 7.76. The van der Waals surface area contributed by atoms with Gasteiger partial charge in [0.15, 0.2) is 11.6 Å². The fraction of sp³-hybridized carbons (Fsp3) is 0.538. The summed E-state index contributed by atoms with van der Waals surface area (Å²) in [6.07, 6.45) is 0.572. The van der Waals surface area contributed by atoms with Crippen molar-refractivity contribution >= 4 is 10.0 Å². The van der Waals surface area contributed by atoms with Crippen molar-refractivity contribution in [3.8, 4) is 0 Å². The van der Waals surface area contributed by atoms with Crippen molar-refractivity contribution in [2.45, 2.75) is 44.7 Å². The van der Waals surface area contributed by atoms with E-state index in [4.69, 9.17) is 5.11 Å². The van der Waals surface area contributed by atoms with Crippen LogP contribution in [0.15, 0.2) is 17.0 Å². The lowest BCUT2D eigenvalue weighted by Gasteiger charge is -2.17. The van der Waals surface area contributed by atoms with Crippen LogP contribution in [-0.4, -0.2) is 19.6 Å². The number of benzene rings is 1. The summed E-state index contributed by atoms with van der Waals surface area (Å²) in [5.74, 6) is -2.47. The number of hydrogen-bond donors (Lipinski definition) is 2. The van der Waals surface area contributed by atoms with E-state index in [0.29, 0.717) is 6.42 Å². The summed E-state index contributed by atoms with van der Waals surface area (Å²) in [4.78, 5) is -0.780. The lowest BCUT2D eigenvalue weighted by atomic mass is 10.1. The van der Waals surface area contributed by atoms with E-state index >= 15 is 0 Å². The fourth-order valence-corrected chi connectivity index (χ4v) is 3.38. The van der Waals surface area contributed by atoms with Gasteiger partial charge in [0.2, 0.25) is 10.0 Å². The summed E-state index contributed by atoms with van der Waals surface area (Å²) in [5, 5.41) is 8.94. The van der Waals surface area contributed by atoms with Crippen LogP contribution in [0.1, 0.15) is 32.8 Å². The van der Waals surface area contributed by atoms with Crippen LogP contribution in [0.3, 0.4) is 0 Å². The first-order chi connectivity index (χ1) is 9.17. The standard InChI is InChI=1S/C13H19F2NO3S/c1-8(2)4-9(3)16-20(18,19)12-6-10(7-17)5-11(14)13(12)15/h5-6,8-9,16-17H,4,7H2,1-3H3. The van der Waals surface area contributed by atoms with Gasteiger partial charge in [0, 0.05) is 6.04 Å². The van der Waals surface area contributed by atoms with Gasteiger partial charge in [0.05, 0.1) is 6.61 Å². The van der Waals surface area contributed by atoms with Crippen LogP contribution in [0.25, 0.3) is 0 Å². The Kier molecular flexibility index (Phi) is 5.61. The maximum atomic E-state index is 13.7. The lowest BCUT2D eigenvalue weighted by Crippen LogP contribution is -2.34. The van der Waals surface area contributed by atoms with Crippen molar-refractivity contribution in [1.29, 1.82) is 0 Å². The Morgan fingerprint density at radius 2 is 1.85 bits per heavy atom. The van der Waals surface area contributed by atoms with E-state index in [1.807, 2.05) is 13.8 Å². The Morgan fingerprint density at radius 1 is 1.25 bits per heavy atom. The van der Waals surface area contributed by atoms with Gasteiger partial charge in [-0.15, -0.1) is 0 Å². The van der Waals surface area contributed by atoms with Crippen molar-refractivity contribution in [2.24, 2.45) is 5.92 Å². The molecule has 0 aromatic heterocycles. The number of aliphatic hydroxyl groups is 1. The van der Waals surface area contributed by atoms with E-state index in [2.05, 4.69) is 4.72 Å². The molecule has 0 saturated carbocycles. The number of sulfonamides is 1. The first kappa shape index (κ1) is 17.0. The molecule has 1 unspecified atom stereocenters. The predicted octanol–water partition coefficient (Wildman–Crippen LogP) is 2.17. The lowest BCUT2D eigenvalue weighted by molar-refractivity contribution is 0.280. The molecule has 0 amide bonds. The second-order valence-electron chi connectivity index (χ2n) is 5.20. The van der Waals surface area contributed by atoms with Crippen molar-refractivity contribution in [3.63, 3.8) is 0 Å². The van der Waals surface area contributed by atoms with Gasteiger partial charge in [-0.2, -0.15) is 0 Å². The van der Waals surface area contributed by atoms with Crippen molar-refractivity contribution in [2.75, 3.05) is 0 Å². The van der Waals surface area contributed by atoms with Crippen LogP contribution in [0.2, 0.25) is 0 Å². The number of hydrogen-bond acceptors (Lipinski definition) is 3. The smallest absolute Gasteiger partial charge is 0.243 e. The first-order valence-electron chi connectivity index (χ1n) is 6.28. The van der Waals surface area contributed by atoms with Gasteiger partial charge < -0.3 is 5.11 Å². The summed E-state index contributed by atoms with van der Waals surface area (Å²) in [7, 11) is -4.17. The zero-order valence-electron chi connectivity index (χ0n) is 11.7. The molecule has 114 valence electrons. The summed E-state index contributed by atoms with van der Waals surface area (Å²) < 4.78 is 53.4. The van der Waals surface area contributed by atoms with E-state index in [0.717, 1.165) is 12.1 Å². The molecule has 2 N–H and O–H groups in total. The zero-order valence-corrected chi connectivity index (χ0v) is 12.5. The van der Waals surface area contributed by atoms with Gasteiger partial charge in [-0.25, -0.2) is 21.9 Å². The molecule has 1 aromatic rings. The molecule has 0 aliphatic carbocycles. The Balaban J connectivity index is 3.12. The highest BCUT2D eigenvalue weighted by molar-refractivity contribution is 7.89. The molecular weight excluding hydrogens is 288 g/mol. The van der Waals surface area contributed by atoms with Gasteiger partial charge in [0.25, 0.3) is 0 Å². The van der Waals surface area contributed by atoms with Crippen LogP contribution < -0.4 is 4.72 Å². The Morgan fingerprint density at radius 3 is 2.35 bits per heavy atom. The average Bonchev–Trinajstić information content (AvgIpc) is 2.30. The SMILES string of the molecule is CC(C)CC(C)NS(=O)(=O)c1cc(CO)cc(F)c1F. The largest absolute Gasteiger partial charge is 0.392 e. The number of aliphatic hydroxyl groups excluding tert-OH is 1. The molecule has 0 saturated heterocycles. The minimum Gasteiger partial charge on any atom is -0.392 e. The highest BCUT2D eigenvalue weighted by Crippen LogP contribution is 2.20. The normalized spacial score (nSPS) is 13.8. The van der Waals surface area contributed by atoms with Gasteiger partial charge >= 0.3 is 0 Å². The summed E-state index contributed by atoms with van der Waals surface area (Å²) >= 11 is 0. The third-order valence-electron chi connectivity index (χ3n) is 2.71. The monoisotopic (exact) mass is 307 g/mol. The highest BCUT2D eigenvalue weighted by atomic mass is 32.2. The molecule has 0 bridgehead atoms. The van der Waals surface area contributed by atoms with Crippen LogP contribution >= 0.6 is 0 Å². The van der Waals surface area contributed by atoms with Crippen molar-refractivity contribution in [3.05, 3.63) is 29.3 Å². The Labute approximate surface area is 117 Å². The summed E-state index contributed by atoms with van der Waals surface area (Å²) in [6, 6.07) is 1.30. The van der Waals surface area contributed by atoms with E-state index in [-0.39, 0.29) is 11.5 Å². The number of rotatable bonds is 6. The van der Waals surface area contributed by atoms with Crippen LogP contribution in [-0.2, 0) is 16.6 Å². The Hall–Kier alpha value is -1.05. The van der Waals surface area contributed by atoms with E-state index in [1.165, 1.54) is 0 Å². The topological polar surface area (TPSA) is 66.4 Å². The van der Waals surface area contributed by atoms with Crippen LogP contribution in [0.5, 0.6) is 0 Å². The number of nitrogens with one attached hydrogen (secondary N) is 1. The molecule has 1 atom stereocenters. The maximum Gasteiger partial charge on any atom is 0.243 e. The van der Waals surface area contributed by atoms with Gasteiger partial charge in [-0.1, -0.05) is 13.8 Å². The number of halogens is 2. The van der Waals surface area contributed by atoms with Crippen LogP contribution in [0, 0.1) is 17.6 Å². The molecule has 0 heterocycles. The minimum absolute atomic E-state index is 0.000729. The third kappa shape index (κ3) is 4.22. The second kappa shape index (κ2) is 6.60. The fourth-order valence-electron chi connectivity index (χ4n) is 1.99. The molecule has 4 nitrogen and oxygen atoms in total. The van der Waals surface area contributed by atoms with Crippen LogP contribution in [0.4, 0.5) is 8.78 Å². The maximum absolute atomic E-state index is 13.7. The molecule has 0 aliphatic heterocycles. The molecule has 0 radical (unpaired) electrons. The molecule has 20 heavy (non-hydrogen) atoms. The van der Waals surface area contributed by atoms with Gasteiger partial charge in [-0.3, -0.25) is 0 Å². The predicted molar refractivity (Wildman–Crippen MR) is 71.5 cm³/mol. The molecule has 0 aliphatic rings.